The molecule has 4 aromatic rings. The van der Waals surface area contributed by atoms with Crippen LogP contribution in [0.4, 0.5) is 0 Å². The summed E-state index contributed by atoms with van der Waals surface area (Å²) < 4.78 is 77.4. The third-order valence-corrected chi connectivity index (χ3v) is 10.00. The van der Waals surface area contributed by atoms with E-state index in [-0.39, 0.29) is 71.4 Å². The predicted molar refractivity (Wildman–Crippen MR) is 205 cm³/mol. The van der Waals surface area contributed by atoms with Gasteiger partial charge in [0.2, 0.25) is 0 Å². The fraction of sp³-hybridized carbons (Fsp3) is 0.400. The van der Waals surface area contributed by atoms with Crippen molar-refractivity contribution in [3.63, 3.8) is 0 Å². The molecule has 53 heavy (non-hydrogen) atoms. The molecule has 10 nitrogen and oxygen atoms in total. The number of rotatable bonds is 20. The molecular weight excluding hydrogens is 745 g/mol. The van der Waals surface area contributed by atoms with E-state index in [1.54, 1.807) is 36.4 Å². The molecule has 0 unspecified atom stereocenters. The number of benzene rings is 4. The van der Waals surface area contributed by atoms with Gasteiger partial charge in [-0.2, -0.15) is 8.42 Å². The van der Waals surface area contributed by atoms with Crippen LogP contribution in [0.1, 0.15) is 102 Å². The first kappa shape index (κ1) is 46.3. The zero-order chi connectivity index (χ0) is 38.0. The van der Waals surface area contributed by atoms with Gasteiger partial charge in [-0.3, -0.25) is 4.55 Å². The molecule has 0 saturated heterocycles. The Kier molecular flexibility index (Phi) is 20.8. The second kappa shape index (κ2) is 23.8. The zero-order valence-electron chi connectivity index (χ0n) is 30.7. The molecule has 0 atom stereocenters. The van der Waals surface area contributed by atoms with Crippen molar-refractivity contribution in [2.45, 2.75) is 114 Å². The van der Waals surface area contributed by atoms with Gasteiger partial charge in [-0.05, 0) is 85.3 Å². The first-order valence-corrected chi connectivity index (χ1v) is 20.8. The standard InChI is InChI=1S/2C20H26O5S.Ca/c2*1-2-3-4-5-6-7-10-16-13-17(21)15-18(14-16)25-19-11-8-9-12-20(19)26(22,23)24;/h2*8-9,11-15,21H,2-7,10H2,1H3,(H,22,23,24);/q;;+2/p-2. The molecule has 0 heterocycles. The minimum absolute atomic E-state index is 0. The number of phenolic OH excluding ortho intramolecular Hbond substituents is 1. The topological polar surface area (TPSA) is 173 Å². The Labute approximate surface area is 345 Å². The average Bonchev–Trinajstić information content (AvgIpc) is 3.07. The van der Waals surface area contributed by atoms with Gasteiger partial charge in [-0.1, -0.05) is 108 Å². The minimum Gasteiger partial charge on any atom is -0.872 e. The van der Waals surface area contributed by atoms with Gasteiger partial charge in [-0.25, -0.2) is 8.42 Å². The first-order valence-electron chi connectivity index (χ1n) is 17.9. The quantitative estimate of drug-likeness (QED) is 0.0499. The summed E-state index contributed by atoms with van der Waals surface area (Å²) in [6, 6.07) is 20.9. The van der Waals surface area contributed by atoms with Gasteiger partial charge in [0.1, 0.15) is 43.8 Å². The summed E-state index contributed by atoms with van der Waals surface area (Å²) in [6.45, 7) is 4.37. The molecule has 0 amide bonds. The van der Waals surface area contributed by atoms with Crippen molar-refractivity contribution < 1.29 is 45.6 Å². The molecule has 2 N–H and O–H groups in total. The van der Waals surface area contributed by atoms with E-state index in [4.69, 9.17) is 9.47 Å². The number of phenols is 1. The number of aryl methyl sites for hydroxylation is 2. The zero-order valence-corrected chi connectivity index (χ0v) is 34.5. The number of hydrogen-bond acceptors (Lipinski definition) is 9. The number of para-hydroxylation sites is 2. The maximum atomic E-state index is 11.9. The Balaban J connectivity index is 0.000000360. The van der Waals surface area contributed by atoms with E-state index in [9.17, 15) is 36.2 Å². The van der Waals surface area contributed by atoms with Gasteiger partial charge < -0.3 is 24.2 Å². The van der Waals surface area contributed by atoms with Crippen molar-refractivity contribution in [3.8, 4) is 34.5 Å². The van der Waals surface area contributed by atoms with Crippen LogP contribution < -0.4 is 14.6 Å². The third kappa shape index (κ3) is 17.4. The Morgan fingerprint density at radius 1 is 0.585 bits per heavy atom. The normalized spacial score (nSPS) is 11.2. The Hall–Kier alpha value is -2.84. The first-order chi connectivity index (χ1) is 24.8. The predicted octanol–water partition coefficient (Wildman–Crippen LogP) is 9.31. The average molecular weight is 795 g/mol. The van der Waals surface area contributed by atoms with Crippen LogP contribution in [0.15, 0.2) is 94.7 Å². The van der Waals surface area contributed by atoms with Crippen LogP contribution in [0.25, 0.3) is 0 Å². The summed E-state index contributed by atoms with van der Waals surface area (Å²) in [6.07, 6.45) is 15.6. The van der Waals surface area contributed by atoms with Gasteiger partial charge in [0.05, 0.1) is 4.90 Å². The fourth-order valence-corrected chi connectivity index (χ4v) is 6.86. The Bertz CT molecular complexity index is 1780. The van der Waals surface area contributed by atoms with Crippen molar-refractivity contribution in [2.24, 2.45) is 0 Å². The molecule has 0 aliphatic heterocycles. The molecule has 0 aromatic heterocycles. The molecule has 284 valence electrons. The molecule has 4 rings (SSSR count). The number of unbranched alkanes of at least 4 members (excludes halogenated alkanes) is 10. The molecule has 0 fully saturated rings. The molecule has 0 spiro atoms. The van der Waals surface area contributed by atoms with Crippen molar-refractivity contribution >= 4 is 58.0 Å². The van der Waals surface area contributed by atoms with E-state index in [0.717, 1.165) is 49.7 Å². The fourth-order valence-electron chi connectivity index (χ4n) is 5.64. The molecule has 0 radical (unpaired) electrons. The SMILES string of the molecule is CCCCCCCCc1cc(O)cc(Oc2ccccc2S(=O)(=O)O)c1.CCCCCCCCc1cc([O-])cc(Oc2ccccc2S(=O)(=O)[O-])c1.[Ca+2]. The summed E-state index contributed by atoms with van der Waals surface area (Å²) in [5, 5.41) is 21.8. The molecule has 13 heteroatoms. The van der Waals surface area contributed by atoms with E-state index < -0.39 is 25.1 Å². The number of hydrogen-bond donors (Lipinski definition) is 2. The minimum atomic E-state index is -4.65. The third-order valence-electron chi connectivity index (χ3n) is 8.23. The van der Waals surface area contributed by atoms with Crippen molar-refractivity contribution in [3.05, 3.63) is 96.1 Å². The van der Waals surface area contributed by atoms with E-state index in [1.807, 2.05) is 0 Å². The summed E-state index contributed by atoms with van der Waals surface area (Å²) in [5.74, 6) is 0.389. The largest absolute Gasteiger partial charge is 2.00 e. The molecule has 0 bridgehead atoms. The van der Waals surface area contributed by atoms with Crippen LogP contribution in [0.3, 0.4) is 0 Å². The van der Waals surface area contributed by atoms with Crippen LogP contribution in [-0.4, -0.2) is 68.8 Å². The maximum Gasteiger partial charge on any atom is 2.00 e. The monoisotopic (exact) mass is 794 g/mol. The van der Waals surface area contributed by atoms with E-state index >= 15 is 0 Å². The second-order valence-corrected chi connectivity index (χ2v) is 15.4. The van der Waals surface area contributed by atoms with Gasteiger partial charge in [0.25, 0.3) is 10.1 Å². The summed E-state index contributed by atoms with van der Waals surface area (Å²) in [5.41, 5.74) is 1.78. The van der Waals surface area contributed by atoms with Gasteiger partial charge in [-0.15, -0.1) is 5.75 Å². The van der Waals surface area contributed by atoms with Crippen LogP contribution in [0.5, 0.6) is 34.5 Å². The van der Waals surface area contributed by atoms with E-state index in [2.05, 4.69) is 13.8 Å². The Morgan fingerprint density at radius 2 is 1.02 bits per heavy atom. The van der Waals surface area contributed by atoms with Gasteiger partial charge in [0.15, 0.2) is 0 Å². The molecule has 0 aliphatic carbocycles. The van der Waals surface area contributed by atoms with Crippen LogP contribution in [-0.2, 0) is 33.1 Å². The van der Waals surface area contributed by atoms with Gasteiger partial charge >= 0.3 is 37.7 Å². The van der Waals surface area contributed by atoms with Crippen molar-refractivity contribution in [1.29, 1.82) is 0 Å². The summed E-state index contributed by atoms with van der Waals surface area (Å²) in [4.78, 5) is -0.741. The number of ether oxygens (including phenoxy) is 2. The molecule has 0 aliphatic rings. The summed E-state index contributed by atoms with van der Waals surface area (Å²) in [7, 11) is -9.04. The molecule has 4 aromatic carbocycles. The second-order valence-electron chi connectivity index (χ2n) is 12.7. The maximum absolute atomic E-state index is 11.9. The van der Waals surface area contributed by atoms with Crippen LogP contribution in [0.2, 0.25) is 0 Å². The van der Waals surface area contributed by atoms with E-state index in [1.165, 1.54) is 99.9 Å². The molecular formula is C40H50CaO10S2. The smallest absolute Gasteiger partial charge is 0.872 e. The van der Waals surface area contributed by atoms with Crippen LogP contribution >= 0.6 is 0 Å². The Morgan fingerprint density at radius 3 is 1.53 bits per heavy atom. The van der Waals surface area contributed by atoms with Gasteiger partial charge in [0, 0.05) is 6.07 Å². The van der Waals surface area contributed by atoms with Crippen LogP contribution in [0, 0.1) is 0 Å². The number of aromatic hydroxyl groups is 1. The van der Waals surface area contributed by atoms with Crippen molar-refractivity contribution in [1.82, 2.24) is 0 Å². The summed E-state index contributed by atoms with van der Waals surface area (Å²) >= 11 is 0. The molecule has 0 saturated carbocycles. The van der Waals surface area contributed by atoms with E-state index in [0.29, 0.717) is 5.75 Å². The van der Waals surface area contributed by atoms with Crippen molar-refractivity contribution in [2.75, 3.05) is 0 Å².